The average molecular weight is 835 g/mol. The molecule has 0 aliphatic carbocycles. The van der Waals surface area contributed by atoms with Crippen molar-refractivity contribution in [3.63, 3.8) is 0 Å². The highest BCUT2D eigenvalue weighted by Crippen LogP contribution is 2.38. The lowest BCUT2D eigenvalue weighted by Gasteiger charge is -2.29. The van der Waals surface area contributed by atoms with Gasteiger partial charge in [-0.15, -0.1) is 0 Å². The molecular weight excluding hydrogens is 807 g/mol. The van der Waals surface area contributed by atoms with Crippen molar-refractivity contribution < 1.29 is 44.7 Å². The van der Waals surface area contributed by atoms with Gasteiger partial charge in [0, 0.05) is 43.5 Å². The van der Waals surface area contributed by atoms with Crippen LogP contribution in [0.2, 0.25) is 0 Å². The Morgan fingerprint density at radius 3 is 1.63 bits per heavy atom. The summed E-state index contributed by atoms with van der Waals surface area (Å²) in [5.74, 6) is -1.64. The highest BCUT2D eigenvalue weighted by atomic mass is 127. The number of nitrogens with zero attached hydrogens (tertiary/aromatic N) is 1. The molecule has 0 aliphatic rings. The fraction of sp³-hybridized carbons (Fsp3) is 0.550. The predicted molar refractivity (Wildman–Crippen MR) is 151 cm³/mol. The fourth-order valence-corrected chi connectivity index (χ4v) is 7.65. The zero-order chi connectivity index (χ0) is 26.9. The van der Waals surface area contributed by atoms with Crippen LogP contribution >= 0.6 is 67.8 Å². The number of amides is 3. The lowest BCUT2D eigenvalue weighted by atomic mass is 10.1. The molecular formula is C20H28I3N3O9. The van der Waals surface area contributed by atoms with E-state index >= 15 is 0 Å². The molecule has 12 nitrogen and oxygen atoms in total. The number of hydrogen-bond acceptors (Lipinski definition) is 9. The minimum atomic E-state index is -1.61. The first-order chi connectivity index (χ1) is 16.3. The summed E-state index contributed by atoms with van der Waals surface area (Å²) in [6, 6.07) is 0. The molecule has 1 unspecified atom stereocenters. The van der Waals surface area contributed by atoms with Gasteiger partial charge in [-0.25, -0.2) is 0 Å². The summed E-state index contributed by atoms with van der Waals surface area (Å²) in [5.41, 5.74) is 0.427. The van der Waals surface area contributed by atoms with Crippen LogP contribution in [0.25, 0.3) is 0 Å². The van der Waals surface area contributed by atoms with Crippen LogP contribution in [0.15, 0.2) is 0 Å². The second kappa shape index (κ2) is 15.7. The molecule has 0 heterocycles. The number of carbonyl (C=O) groups excluding carboxylic acids is 3. The van der Waals surface area contributed by atoms with E-state index in [1.807, 2.05) is 67.8 Å². The lowest BCUT2D eigenvalue weighted by molar-refractivity contribution is -0.117. The van der Waals surface area contributed by atoms with Gasteiger partial charge in [-0.3, -0.25) is 14.4 Å². The van der Waals surface area contributed by atoms with Crippen molar-refractivity contribution in [3.8, 4) is 0 Å². The Morgan fingerprint density at radius 1 is 0.857 bits per heavy atom. The Kier molecular flexibility index (Phi) is 14.7. The molecule has 15 heteroatoms. The number of halogens is 3. The van der Waals surface area contributed by atoms with Gasteiger partial charge in [-0.1, -0.05) is 0 Å². The molecule has 198 valence electrons. The highest BCUT2D eigenvalue weighted by Gasteiger charge is 2.32. The van der Waals surface area contributed by atoms with Crippen LogP contribution in [-0.2, 0) is 9.53 Å². The molecule has 0 spiro atoms. The summed E-state index contributed by atoms with van der Waals surface area (Å²) >= 11 is 5.63. The number of nitrogens with one attached hydrogen (secondary N) is 2. The number of ether oxygens (including phenoxy) is 1. The smallest absolute Gasteiger partial charge is 0.253 e. The zero-order valence-electron chi connectivity index (χ0n) is 18.9. The summed E-state index contributed by atoms with van der Waals surface area (Å²) in [6.07, 6.45) is -4.49. The minimum Gasteiger partial charge on any atom is -0.389 e. The Hall–Kier alpha value is -0.420. The summed E-state index contributed by atoms with van der Waals surface area (Å²) < 4.78 is 5.93. The van der Waals surface area contributed by atoms with E-state index in [9.17, 15) is 19.5 Å². The first-order valence-electron chi connectivity index (χ1n) is 10.3. The average Bonchev–Trinajstić information content (AvgIpc) is 2.72. The standard InChI is InChI=1S/C20H28I3N3O9/c1-9(27)26(7-10(28)8-35-2)18-16(22)13(19(33)24-5-3-11(29)30)15(21)14(17(18)23)20(34)25-6-4-12(31)32/h10-12,28-32H,3-8H2,1-2H3,(H,24,33)(H,25,34). The highest BCUT2D eigenvalue weighted by molar-refractivity contribution is 14.1. The van der Waals surface area contributed by atoms with Crippen molar-refractivity contribution in [1.29, 1.82) is 0 Å². The molecule has 7 N–H and O–H groups in total. The van der Waals surface area contributed by atoms with Crippen molar-refractivity contribution in [2.75, 3.05) is 38.3 Å². The number of anilines is 1. The maximum atomic E-state index is 13.1. The van der Waals surface area contributed by atoms with Gasteiger partial charge in [0.2, 0.25) is 5.91 Å². The molecule has 1 aromatic carbocycles. The number of rotatable bonds is 13. The van der Waals surface area contributed by atoms with Crippen LogP contribution < -0.4 is 15.5 Å². The summed E-state index contributed by atoms with van der Waals surface area (Å²) in [6.45, 7) is 0.973. The normalized spacial score (nSPS) is 12.1. The largest absolute Gasteiger partial charge is 0.389 e. The molecule has 3 amide bonds. The second-order valence-corrected chi connectivity index (χ2v) is 10.6. The number of aliphatic hydroxyl groups excluding tert-OH is 3. The maximum absolute atomic E-state index is 13.1. The molecule has 0 bridgehead atoms. The van der Waals surface area contributed by atoms with Crippen molar-refractivity contribution in [1.82, 2.24) is 10.6 Å². The predicted octanol–water partition coefficient (Wildman–Crippen LogP) is -0.278. The van der Waals surface area contributed by atoms with Crippen LogP contribution in [0.5, 0.6) is 0 Å². The van der Waals surface area contributed by atoms with Crippen molar-refractivity contribution in [2.45, 2.75) is 38.4 Å². The summed E-state index contributed by atoms with van der Waals surface area (Å²) in [5, 5.41) is 51.7. The van der Waals surface area contributed by atoms with Gasteiger partial charge < -0.3 is 45.8 Å². The topological polar surface area (TPSA) is 189 Å². The van der Waals surface area contributed by atoms with E-state index in [1.165, 1.54) is 18.9 Å². The van der Waals surface area contributed by atoms with Crippen LogP contribution in [-0.4, -0.2) is 95.3 Å². The molecule has 0 radical (unpaired) electrons. The van der Waals surface area contributed by atoms with Gasteiger partial charge >= 0.3 is 0 Å². The van der Waals surface area contributed by atoms with Crippen LogP contribution in [0.4, 0.5) is 5.69 Å². The van der Waals surface area contributed by atoms with Crippen molar-refractivity contribution in [3.05, 3.63) is 21.8 Å². The third kappa shape index (κ3) is 9.76. The number of aliphatic hydroxyl groups is 5. The Balaban J connectivity index is 3.66. The second-order valence-electron chi connectivity index (χ2n) is 7.33. The lowest BCUT2D eigenvalue weighted by Crippen LogP contribution is -2.40. The van der Waals surface area contributed by atoms with E-state index in [1.54, 1.807) is 0 Å². The molecule has 0 fully saturated rings. The van der Waals surface area contributed by atoms with Crippen LogP contribution in [0.1, 0.15) is 40.5 Å². The van der Waals surface area contributed by atoms with E-state index in [4.69, 9.17) is 25.2 Å². The molecule has 1 rings (SSSR count). The molecule has 1 aromatic rings. The summed E-state index contributed by atoms with van der Waals surface area (Å²) in [4.78, 5) is 40.0. The van der Waals surface area contributed by atoms with Crippen LogP contribution in [0, 0.1) is 10.7 Å². The number of benzene rings is 1. The third-order valence-corrected chi connectivity index (χ3v) is 7.71. The first kappa shape index (κ1) is 32.6. The monoisotopic (exact) mass is 835 g/mol. The number of carbonyl (C=O) groups is 3. The van der Waals surface area contributed by atoms with E-state index in [2.05, 4.69) is 10.6 Å². The van der Waals surface area contributed by atoms with E-state index in [-0.39, 0.29) is 59.5 Å². The Morgan fingerprint density at radius 2 is 1.29 bits per heavy atom. The van der Waals surface area contributed by atoms with Gasteiger partial charge in [0.05, 0.1) is 43.2 Å². The van der Waals surface area contributed by atoms with Crippen molar-refractivity contribution >= 4 is 91.2 Å². The zero-order valence-corrected chi connectivity index (χ0v) is 25.4. The van der Waals surface area contributed by atoms with Gasteiger partial charge in [-0.2, -0.15) is 0 Å². The van der Waals surface area contributed by atoms with E-state index in [0.29, 0.717) is 7.14 Å². The molecule has 0 saturated carbocycles. The quantitative estimate of drug-likeness (QED) is 0.104. The molecule has 35 heavy (non-hydrogen) atoms. The van der Waals surface area contributed by atoms with Gasteiger partial charge in [-0.05, 0) is 67.8 Å². The number of methoxy groups -OCH3 is 1. The summed E-state index contributed by atoms with van der Waals surface area (Å²) in [7, 11) is 1.40. The fourth-order valence-electron chi connectivity index (χ4n) is 2.93. The van der Waals surface area contributed by atoms with Gasteiger partial charge in [0.25, 0.3) is 11.8 Å². The first-order valence-corrected chi connectivity index (χ1v) is 13.5. The minimum absolute atomic E-state index is 0.0467. The Labute approximate surface area is 243 Å². The van der Waals surface area contributed by atoms with Crippen molar-refractivity contribution in [2.24, 2.45) is 0 Å². The van der Waals surface area contributed by atoms with Gasteiger partial charge in [0.1, 0.15) is 0 Å². The van der Waals surface area contributed by atoms with E-state index < -0.39 is 36.4 Å². The number of hydrogen-bond donors (Lipinski definition) is 7. The molecule has 0 aliphatic heterocycles. The van der Waals surface area contributed by atoms with Gasteiger partial charge in [0.15, 0.2) is 12.6 Å². The SMILES string of the molecule is COCC(O)CN(C(C)=O)c1c(I)c(C(=O)NCCC(O)O)c(I)c(C(=O)NCCC(O)O)c1I. The Bertz CT molecular complexity index is 863. The molecule has 1 atom stereocenters. The van der Waals surface area contributed by atoms with Crippen LogP contribution in [0.3, 0.4) is 0 Å². The third-order valence-electron chi connectivity index (χ3n) is 4.53. The maximum Gasteiger partial charge on any atom is 0.253 e. The molecule has 0 saturated heterocycles. The van der Waals surface area contributed by atoms with E-state index in [0.717, 1.165) is 0 Å². The molecule has 0 aromatic heterocycles.